The van der Waals surface area contributed by atoms with E-state index in [0.29, 0.717) is 5.56 Å². The van der Waals surface area contributed by atoms with E-state index in [4.69, 9.17) is 5.73 Å². The number of benzene rings is 1. The van der Waals surface area contributed by atoms with Gasteiger partial charge in [-0.05, 0) is 19.9 Å². The van der Waals surface area contributed by atoms with Gasteiger partial charge < -0.3 is 15.8 Å². The van der Waals surface area contributed by atoms with Crippen LogP contribution < -0.4 is 15.8 Å². The fourth-order valence-corrected chi connectivity index (χ4v) is 1.70. The quantitative estimate of drug-likeness (QED) is 0.846. The number of carbonyl (C=O) groups is 1. The van der Waals surface area contributed by atoms with Crippen LogP contribution in [-0.4, -0.2) is 18.6 Å². The molecule has 120 valence electrons. The van der Waals surface area contributed by atoms with Crippen LogP contribution in [0.3, 0.4) is 0 Å². The van der Waals surface area contributed by atoms with Gasteiger partial charge in [-0.15, -0.1) is 12.4 Å². The summed E-state index contributed by atoms with van der Waals surface area (Å²) in [6, 6.07) is 5.65. The minimum absolute atomic E-state index is 0. The van der Waals surface area contributed by atoms with E-state index in [0.717, 1.165) is 0 Å². The number of nitrogens with two attached hydrogens (primary N) is 1. The summed E-state index contributed by atoms with van der Waals surface area (Å²) in [7, 11) is 0. The fraction of sp³-hybridized carbons (Fsp3) is 0.500. The first-order valence-corrected chi connectivity index (χ1v) is 6.42. The zero-order valence-electron chi connectivity index (χ0n) is 12.2. The molecular weight excluding hydrogens is 302 g/mol. The molecule has 7 heteroatoms. The third kappa shape index (κ3) is 5.85. The van der Waals surface area contributed by atoms with Crippen molar-refractivity contribution in [3.05, 3.63) is 29.8 Å². The van der Waals surface area contributed by atoms with Crippen molar-refractivity contribution in [1.82, 2.24) is 5.32 Å². The maximum Gasteiger partial charge on any atom is 0.387 e. The van der Waals surface area contributed by atoms with Gasteiger partial charge in [0.05, 0.1) is 6.04 Å². The second-order valence-electron chi connectivity index (χ2n) is 4.79. The highest BCUT2D eigenvalue weighted by atomic mass is 35.5. The molecule has 1 rings (SSSR count). The Bertz CT molecular complexity index is 458. The van der Waals surface area contributed by atoms with Gasteiger partial charge in [-0.3, -0.25) is 4.79 Å². The highest BCUT2D eigenvalue weighted by Gasteiger charge is 2.21. The van der Waals surface area contributed by atoms with E-state index in [9.17, 15) is 13.6 Å². The van der Waals surface area contributed by atoms with Gasteiger partial charge in [0.15, 0.2) is 0 Å². The normalized spacial score (nSPS) is 14.8. The summed E-state index contributed by atoms with van der Waals surface area (Å²) >= 11 is 0. The average molecular weight is 323 g/mol. The predicted octanol–water partition coefficient (Wildman–Crippen LogP) is 2.87. The molecule has 0 fully saturated rings. The second-order valence-corrected chi connectivity index (χ2v) is 4.79. The van der Waals surface area contributed by atoms with Crippen molar-refractivity contribution in [2.45, 2.75) is 39.5 Å². The largest absolute Gasteiger partial charge is 0.434 e. The summed E-state index contributed by atoms with van der Waals surface area (Å²) in [4.78, 5) is 11.9. The van der Waals surface area contributed by atoms with Crippen molar-refractivity contribution in [2.24, 2.45) is 11.7 Å². The lowest BCUT2D eigenvalue weighted by molar-refractivity contribution is -0.125. The number of rotatable bonds is 6. The summed E-state index contributed by atoms with van der Waals surface area (Å²) < 4.78 is 29.1. The minimum atomic E-state index is -2.90. The molecule has 1 aromatic carbocycles. The average Bonchev–Trinajstić information content (AvgIpc) is 2.37. The maximum absolute atomic E-state index is 12.3. The number of hydrogen-bond acceptors (Lipinski definition) is 3. The molecule has 4 nitrogen and oxygen atoms in total. The highest BCUT2D eigenvalue weighted by molar-refractivity contribution is 5.85. The van der Waals surface area contributed by atoms with Crippen LogP contribution in [0, 0.1) is 5.92 Å². The van der Waals surface area contributed by atoms with Crippen LogP contribution >= 0.6 is 12.4 Å². The first-order chi connectivity index (χ1) is 9.32. The molecule has 3 atom stereocenters. The molecule has 1 aromatic rings. The molecule has 21 heavy (non-hydrogen) atoms. The Morgan fingerprint density at radius 1 is 1.24 bits per heavy atom. The molecule has 0 radical (unpaired) electrons. The van der Waals surface area contributed by atoms with Gasteiger partial charge >= 0.3 is 6.61 Å². The third-order valence-corrected chi connectivity index (χ3v) is 3.16. The Hall–Kier alpha value is -1.40. The Balaban J connectivity index is 0.00000400. The maximum atomic E-state index is 12.3. The van der Waals surface area contributed by atoms with Gasteiger partial charge in [0, 0.05) is 17.5 Å². The van der Waals surface area contributed by atoms with Crippen molar-refractivity contribution in [3.8, 4) is 5.75 Å². The van der Waals surface area contributed by atoms with Crippen molar-refractivity contribution < 1.29 is 18.3 Å². The summed E-state index contributed by atoms with van der Waals surface area (Å²) in [5.41, 5.74) is 6.16. The SMILES string of the molecule is CC(NC(=O)C(C)C(C)N)c1ccccc1OC(F)F.Cl. The van der Waals surface area contributed by atoms with Crippen LogP contribution in [0.1, 0.15) is 32.4 Å². The lowest BCUT2D eigenvalue weighted by Gasteiger charge is -2.21. The van der Waals surface area contributed by atoms with Crippen LogP contribution in [0.25, 0.3) is 0 Å². The Kier molecular flexibility index (Phi) is 8.21. The molecule has 0 bridgehead atoms. The van der Waals surface area contributed by atoms with E-state index in [2.05, 4.69) is 10.1 Å². The van der Waals surface area contributed by atoms with E-state index in [1.54, 1.807) is 39.0 Å². The first kappa shape index (κ1) is 19.6. The highest BCUT2D eigenvalue weighted by Crippen LogP contribution is 2.26. The summed E-state index contributed by atoms with van der Waals surface area (Å²) in [6.45, 7) is 2.26. The van der Waals surface area contributed by atoms with Crippen molar-refractivity contribution in [3.63, 3.8) is 0 Å². The molecule has 1 amide bonds. The topological polar surface area (TPSA) is 64.4 Å². The number of carbonyl (C=O) groups excluding carboxylic acids is 1. The molecule has 0 aliphatic rings. The van der Waals surface area contributed by atoms with Crippen LogP contribution in [0.15, 0.2) is 24.3 Å². The number of alkyl halides is 2. The molecule has 0 spiro atoms. The Labute approximate surface area is 129 Å². The molecule has 0 aliphatic heterocycles. The standard InChI is InChI=1S/C14H20F2N2O2.ClH/c1-8(9(2)17)13(19)18-10(3)11-6-4-5-7-12(11)20-14(15)16;/h4-10,14H,17H2,1-3H3,(H,18,19);1H. The zero-order chi connectivity index (χ0) is 15.3. The van der Waals surface area contributed by atoms with Crippen LogP contribution in [-0.2, 0) is 4.79 Å². The van der Waals surface area contributed by atoms with Crippen molar-refractivity contribution in [1.29, 1.82) is 0 Å². The lowest BCUT2D eigenvalue weighted by atomic mass is 10.0. The first-order valence-electron chi connectivity index (χ1n) is 6.42. The number of para-hydroxylation sites is 1. The number of ether oxygens (including phenoxy) is 1. The second kappa shape index (κ2) is 8.79. The summed E-state index contributed by atoms with van der Waals surface area (Å²) in [5, 5.41) is 2.75. The van der Waals surface area contributed by atoms with Gasteiger partial charge in [-0.2, -0.15) is 8.78 Å². The monoisotopic (exact) mass is 322 g/mol. The zero-order valence-corrected chi connectivity index (χ0v) is 13.0. The molecule has 0 aromatic heterocycles. The molecule has 0 saturated carbocycles. The number of amides is 1. The minimum Gasteiger partial charge on any atom is -0.434 e. The van der Waals surface area contributed by atoms with Crippen molar-refractivity contribution in [2.75, 3.05) is 0 Å². The van der Waals surface area contributed by atoms with Gasteiger partial charge in [0.1, 0.15) is 5.75 Å². The predicted molar refractivity (Wildman–Crippen MR) is 79.7 cm³/mol. The lowest BCUT2D eigenvalue weighted by Crippen LogP contribution is -2.39. The van der Waals surface area contributed by atoms with E-state index >= 15 is 0 Å². The van der Waals surface area contributed by atoms with Gasteiger partial charge in [-0.1, -0.05) is 25.1 Å². The smallest absolute Gasteiger partial charge is 0.387 e. The number of halogens is 3. The van der Waals surface area contributed by atoms with Gasteiger partial charge in [0.25, 0.3) is 0 Å². The molecular formula is C14H21ClF2N2O2. The fourth-order valence-electron chi connectivity index (χ4n) is 1.70. The molecule has 0 heterocycles. The third-order valence-electron chi connectivity index (χ3n) is 3.16. The molecule has 0 saturated heterocycles. The molecule has 0 aliphatic carbocycles. The van der Waals surface area contributed by atoms with Crippen LogP contribution in [0.4, 0.5) is 8.78 Å². The van der Waals surface area contributed by atoms with E-state index in [1.807, 2.05) is 0 Å². The Morgan fingerprint density at radius 2 is 1.81 bits per heavy atom. The van der Waals surface area contributed by atoms with Gasteiger partial charge in [0.2, 0.25) is 5.91 Å². The van der Waals surface area contributed by atoms with Crippen LogP contribution in [0.2, 0.25) is 0 Å². The summed E-state index contributed by atoms with van der Waals surface area (Å²) in [5.74, 6) is -0.524. The Morgan fingerprint density at radius 3 is 2.33 bits per heavy atom. The van der Waals surface area contributed by atoms with E-state index in [-0.39, 0.29) is 36.0 Å². The number of nitrogens with one attached hydrogen (secondary N) is 1. The van der Waals surface area contributed by atoms with Gasteiger partial charge in [-0.25, -0.2) is 0 Å². The van der Waals surface area contributed by atoms with Crippen LogP contribution in [0.5, 0.6) is 5.75 Å². The summed E-state index contributed by atoms with van der Waals surface area (Å²) in [6.07, 6.45) is 0. The molecule has 3 unspecified atom stereocenters. The number of hydrogen-bond donors (Lipinski definition) is 2. The van der Waals surface area contributed by atoms with E-state index in [1.165, 1.54) is 6.07 Å². The van der Waals surface area contributed by atoms with E-state index < -0.39 is 12.7 Å². The van der Waals surface area contributed by atoms with Crippen molar-refractivity contribution >= 4 is 18.3 Å². The molecule has 3 N–H and O–H groups in total.